The van der Waals surface area contributed by atoms with Crippen molar-refractivity contribution >= 4 is 29.6 Å². The summed E-state index contributed by atoms with van der Waals surface area (Å²) in [5.74, 6) is 0. The molecule has 0 atom stereocenters. The van der Waals surface area contributed by atoms with Crippen LogP contribution in [0.25, 0.3) is 0 Å². The Morgan fingerprint density at radius 3 is 1.75 bits per heavy atom. The molecule has 0 fully saturated rings. The van der Waals surface area contributed by atoms with Crippen LogP contribution in [0.5, 0.6) is 0 Å². The summed E-state index contributed by atoms with van der Waals surface area (Å²) in [6.07, 6.45) is 15.5. The standard InChI is InChI=1S/C19H32.Na/c1-3-4-5-6-7-8-9-10-11-12-16-19-17-14-13-15-18(19)2;/h13-15,17H,3-12,16H2,1-2H3;. The van der Waals surface area contributed by atoms with E-state index in [1.807, 2.05) is 0 Å². The Labute approximate surface area is 149 Å². The summed E-state index contributed by atoms with van der Waals surface area (Å²) in [6.45, 7) is 4.51. The van der Waals surface area contributed by atoms with E-state index in [4.69, 9.17) is 0 Å². The largest absolute Gasteiger partial charge is 0.0654 e. The summed E-state index contributed by atoms with van der Waals surface area (Å²) in [4.78, 5) is 0. The van der Waals surface area contributed by atoms with E-state index < -0.39 is 0 Å². The van der Waals surface area contributed by atoms with E-state index in [0.717, 1.165) is 0 Å². The van der Waals surface area contributed by atoms with Crippen molar-refractivity contribution in [1.82, 2.24) is 0 Å². The maximum atomic E-state index is 2.29. The average molecular weight is 283 g/mol. The fourth-order valence-electron chi connectivity index (χ4n) is 2.69. The van der Waals surface area contributed by atoms with Gasteiger partial charge in [-0.2, -0.15) is 0 Å². The summed E-state index contributed by atoms with van der Waals surface area (Å²) in [6, 6.07) is 8.81. The van der Waals surface area contributed by atoms with Gasteiger partial charge in [-0.25, -0.2) is 0 Å². The number of benzene rings is 1. The SMILES string of the molecule is CCCCCCCCCCCCc1ccccc1C.[Na]. The van der Waals surface area contributed by atoms with E-state index >= 15 is 0 Å². The van der Waals surface area contributed by atoms with Crippen molar-refractivity contribution in [2.75, 3.05) is 0 Å². The van der Waals surface area contributed by atoms with Crippen molar-refractivity contribution < 1.29 is 0 Å². The summed E-state index contributed by atoms with van der Waals surface area (Å²) in [5, 5.41) is 0. The number of hydrogen-bond donors (Lipinski definition) is 0. The molecular weight excluding hydrogens is 251 g/mol. The van der Waals surface area contributed by atoms with Gasteiger partial charge < -0.3 is 0 Å². The molecule has 0 N–H and O–H groups in total. The average Bonchev–Trinajstić information content (AvgIpc) is 2.43. The van der Waals surface area contributed by atoms with Crippen LogP contribution in [0.4, 0.5) is 0 Å². The van der Waals surface area contributed by atoms with Crippen LogP contribution >= 0.6 is 0 Å². The topological polar surface area (TPSA) is 0 Å². The normalized spacial score (nSPS) is 10.3. The first-order valence-corrected chi connectivity index (χ1v) is 8.39. The molecule has 0 nitrogen and oxygen atoms in total. The van der Waals surface area contributed by atoms with Crippen molar-refractivity contribution in [1.29, 1.82) is 0 Å². The smallest absolute Gasteiger partial charge is 0 e. The first-order valence-electron chi connectivity index (χ1n) is 8.39. The minimum Gasteiger partial charge on any atom is -0.0654 e. The van der Waals surface area contributed by atoms with Crippen molar-refractivity contribution in [2.24, 2.45) is 0 Å². The Morgan fingerprint density at radius 1 is 0.700 bits per heavy atom. The van der Waals surface area contributed by atoms with Crippen LogP contribution in [-0.4, -0.2) is 29.6 Å². The second kappa shape index (κ2) is 14.2. The maximum Gasteiger partial charge on any atom is 0 e. The third-order valence-electron chi connectivity index (χ3n) is 4.06. The summed E-state index contributed by atoms with van der Waals surface area (Å²) >= 11 is 0. The van der Waals surface area contributed by atoms with E-state index in [2.05, 4.69) is 38.1 Å². The number of aryl methyl sites for hydroxylation is 2. The van der Waals surface area contributed by atoms with E-state index in [0.29, 0.717) is 0 Å². The van der Waals surface area contributed by atoms with Gasteiger partial charge in [-0.15, -0.1) is 0 Å². The molecule has 0 aliphatic heterocycles. The van der Waals surface area contributed by atoms with Gasteiger partial charge in [-0.3, -0.25) is 0 Å². The zero-order chi connectivity index (χ0) is 13.8. The van der Waals surface area contributed by atoms with Gasteiger partial charge in [-0.1, -0.05) is 89.0 Å². The summed E-state index contributed by atoms with van der Waals surface area (Å²) in [7, 11) is 0. The molecule has 0 aliphatic carbocycles. The van der Waals surface area contributed by atoms with Crippen LogP contribution in [0.3, 0.4) is 0 Å². The molecule has 20 heavy (non-hydrogen) atoms. The van der Waals surface area contributed by atoms with Crippen LogP contribution in [0.1, 0.15) is 82.3 Å². The molecule has 1 aromatic rings. The molecule has 0 unspecified atom stereocenters. The summed E-state index contributed by atoms with van der Waals surface area (Å²) < 4.78 is 0. The number of rotatable bonds is 11. The van der Waals surface area contributed by atoms with Gasteiger partial charge in [0.1, 0.15) is 0 Å². The van der Waals surface area contributed by atoms with Crippen molar-refractivity contribution in [2.45, 2.75) is 84.5 Å². The zero-order valence-corrected chi connectivity index (χ0v) is 16.1. The van der Waals surface area contributed by atoms with Crippen molar-refractivity contribution in [3.63, 3.8) is 0 Å². The second-order valence-corrected chi connectivity index (χ2v) is 5.86. The Morgan fingerprint density at radius 2 is 1.20 bits per heavy atom. The number of unbranched alkanes of at least 4 members (excludes halogenated alkanes) is 9. The van der Waals surface area contributed by atoms with Gasteiger partial charge in [0, 0.05) is 29.6 Å². The van der Waals surface area contributed by atoms with Crippen LogP contribution in [0.15, 0.2) is 24.3 Å². The molecule has 0 saturated heterocycles. The van der Waals surface area contributed by atoms with Crippen LogP contribution in [-0.2, 0) is 6.42 Å². The zero-order valence-electron chi connectivity index (χ0n) is 14.1. The third-order valence-corrected chi connectivity index (χ3v) is 4.06. The van der Waals surface area contributed by atoms with Gasteiger partial charge in [-0.05, 0) is 30.9 Å². The molecule has 0 aromatic heterocycles. The molecule has 0 spiro atoms. The van der Waals surface area contributed by atoms with Crippen molar-refractivity contribution in [3.05, 3.63) is 35.4 Å². The molecule has 0 amide bonds. The Balaban J connectivity index is 0.00000361. The predicted octanol–water partition coefficient (Wildman–Crippen LogP) is 6.08. The molecule has 1 aromatic carbocycles. The first-order chi connectivity index (χ1) is 9.34. The van der Waals surface area contributed by atoms with Gasteiger partial charge in [0.25, 0.3) is 0 Å². The Bertz CT molecular complexity index is 319. The quantitative estimate of drug-likeness (QED) is 0.341. The van der Waals surface area contributed by atoms with Gasteiger partial charge in [0.05, 0.1) is 0 Å². The first kappa shape index (κ1) is 20.2. The molecule has 0 aliphatic rings. The maximum absolute atomic E-state index is 2.29. The third kappa shape index (κ3) is 10.0. The van der Waals surface area contributed by atoms with Gasteiger partial charge >= 0.3 is 0 Å². The molecule has 1 radical (unpaired) electrons. The second-order valence-electron chi connectivity index (χ2n) is 5.86. The van der Waals surface area contributed by atoms with E-state index in [1.54, 1.807) is 5.56 Å². The van der Waals surface area contributed by atoms with Crippen molar-refractivity contribution in [3.8, 4) is 0 Å². The van der Waals surface area contributed by atoms with E-state index in [1.165, 1.54) is 76.2 Å². The van der Waals surface area contributed by atoms with Gasteiger partial charge in [0.2, 0.25) is 0 Å². The fraction of sp³-hybridized carbons (Fsp3) is 0.684. The summed E-state index contributed by atoms with van der Waals surface area (Å²) in [5.41, 5.74) is 3.00. The Kier molecular flexibility index (Phi) is 14.3. The molecular formula is C19H32Na. The monoisotopic (exact) mass is 283 g/mol. The van der Waals surface area contributed by atoms with Crippen LogP contribution in [0.2, 0.25) is 0 Å². The Hall–Kier alpha value is 0.220. The van der Waals surface area contributed by atoms with E-state index in [9.17, 15) is 0 Å². The predicted molar refractivity (Wildman–Crippen MR) is 92.5 cm³/mol. The minimum atomic E-state index is 0. The fourth-order valence-corrected chi connectivity index (χ4v) is 2.69. The molecule has 0 bridgehead atoms. The van der Waals surface area contributed by atoms with Crippen LogP contribution in [0, 0.1) is 6.92 Å². The molecule has 1 rings (SSSR count). The minimum absolute atomic E-state index is 0. The number of hydrogen-bond acceptors (Lipinski definition) is 0. The molecule has 109 valence electrons. The molecule has 0 saturated carbocycles. The van der Waals surface area contributed by atoms with E-state index in [-0.39, 0.29) is 29.6 Å². The molecule has 0 heterocycles. The van der Waals surface area contributed by atoms with Crippen LogP contribution < -0.4 is 0 Å². The molecule has 1 heteroatoms. The van der Waals surface area contributed by atoms with Gasteiger partial charge in [0.15, 0.2) is 0 Å².